The molecule has 0 radical (unpaired) electrons. The molecule has 4 heteroatoms. The Kier molecular flexibility index (Phi) is 5.37. The Hall–Kier alpha value is -1.65. The molecule has 1 heterocycles. The largest absolute Gasteiger partial charge is 0.456 e. The number of carbonyl (C=O) groups excluding carboxylic acids is 1. The van der Waals surface area contributed by atoms with Crippen LogP contribution in [0.5, 0.6) is 0 Å². The van der Waals surface area contributed by atoms with Crippen LogP contribution in [0.25, 0.3) is 0 Å². The average Bonchev–Trinajstić information content (AvgIpc) is 2.83. The number of esters is 1. The van der Waals surface area contributed by atoms with Crippen molar-refractivity contribution in [2.45, 2.75) is 46.4 Å². The molecule has 1 aromatic heterocycles. The van der Waals surface area contributed by atoms with Crippen LogP contribution in [-0.4, -0.2) is 11.6 Å². The zero-order chi connectivity index (χ0) is 16.2. The topological polar surface area (TPSA) is 38.3 Å². The van der Waals surface area contributed by atoms with Crippen LogP contribution in [0.4, 0.5) is 0 Å². The van der Waals surface area contributed by atoms with E-state index < -0.39 is 5.60 Å². The summed E-state index contributed by atoms with van der Waals surface area (Å²) in [6.07, 6.45) is 0. The standard InChI is InChI=1S/C18H23NO2S/c1-13-9-10-22-16(13)12-19-11-14-5-7-15(8-6-14)17(20)21-18(2,3)4/h5-10,19H,11-12H2,1-4H3. The minimum Gasteiger partial charge on any atom is -0.456 e. The van der Waals surface area contributed by atoms with E-state index in [1.165, 1.54) is 10.4 Å². The normalized spacial score (nSPS) is 11.5. The number of carbonyl (C=O) groups is 1. The predicted octanol–water partition coefficient (Wildman–Crippen LogP) is 4.30. The van der Waals surface area contributed by atoms with Crippen molar-refractivity contribution in [1.82, 2.24) is 5.32 Å². The quantitative estimate of drug-likeness (QED) is 0.836. The highest BCUT2D eigenvalue weighted by atomic mass is 32.1. The number of rotatable bonds is 5. The lowest BCUT2D eigenvalue weighted by Gasteiger charge is -2.19. The Bertz CT molecular complexity index is 623. The molecular formula is C18H23NO2S. The summed E-state index contributed by atoms with van der Waals surface area (Å²) in [4.78, 5) is 13.3. The molecular weight excluding hydrogens is 294 g/mol. The summed E-state index contributed by atoms with van der Waals surface area (Å²) in [7, 11) is 0. The first-order chi connectivity index (χ1) is 10.3. The number of hydrogen-bond donors (Lipinski definition) is 1. The van der Waals surface area contributed by atoms with Crippen molar-refractivity contribution in [1.29, 1.82) is 0 Å². The summed E-state index contributed by atoms with van der Waals surface area (Å²) in [6.45, 7) is 9.40. The average molecular weight is 317 g/mol. The van der Waals surface area contributed by atoms with E-state index in [4.69, 9.17) is 4.74 Å². The highest BCUT2D eigenvalue weighted by Gasteiger charge is 2.17. The molecule has 2 aromatic rings. The van der Waals surface area contributed by atoms with E-state index in [9.17, 15) is 4.79 Å². The summed E-state index contributed by atoms with van der Waals surface area (Å²) >= 11 is 1.77. The maximum Gasteiger partial charge on any atom is 0.338 e. The van der Waals surface area contributed by atoms with Crippen LogP contribution >= 0.6 is 11.3 Å². The first-order valence-corrected chi connectivity index (χ1v) is 8.29. The van der Waals surface area contributed by atoms with Crippen LogP contribution in [0.2, 0.25) is 0 Å². The van der Waals surface area contributed by atoms with Gasteiger partial charge in [-0.2, -0.15) is 0 Å². The maximum atomic E-state index is 11.9. The van der Waals surface area contributed by atoms with E-state index in [0.29, 0.717) is 5.56 Å². The second kappa shape index (κ2) is 7.07. The summed E-state index contributed by atoms with van der Waals surface area (Å²) in [6, 6.07) is 9.71. The summed E-state index contributed by atoms with van der Waals surface area (Å²) < 4.78 is 5.35. The molecule has 0 atom stereocenters. The summed E-state index contributed by atoms with van der Waals surface area (Å²) in [5, 5.41) is 5.54. The number of hydrogen-bond acceptors (Lipinski definition) is 4. The predicted molar refractivity (Wildman–Crippen MR) is 91.2 cm³/mol. The molecule has 1 N–H and O–H groups in total. The SMILES string of the molecule is Cc1ccsc1CNCc1ccc(C(=O)OC(C)(C)C)cc1. The Labute approximate surface area is 136 Å². The Morgan fingerprint density at radius 2 is 1.82 bits per heavy atom. The van der Waals surface area contributed by atoms with Crippen LogP contribution in [-0.2, 0) is 17.8 Å². The summed E-state index contributed by atoms with van der Waals surface area (Å²) in [5.41, 5.74) is 2.61. The molecule has 2 rings (SSSR count). The highest BCUT2D eigenvalue weighted by molar-refractivity contribution is 7.10. The van der Waals surface area contributed by atoms with Gasteiger partial charge in [0.1, 0.15) is 5.60 Å². The van der Waals surface area contributed by atoms with Gasteiger partial charge in [0.25, 0.3) is 0 Å². The molecule has 118 valence electrons. The lowest BCUT2D eigenvalue weighted by atomic mass is 10.1. The summed E-state index contributed by atoms with van der Waals surface area (Å²) in [5.74, 6) is -0.277. The van der Waals surface area contributed by atoms with Crippen molar-refractivity contribution in [2.24, 2.45) is 0 Å². The van der Waals surface area contributed by atoms with Gasteiger partial charge in [0.05, 0.1) is 5.56 Å². The smallest absolute Gasteiger partial charge is 0.338 e. The second-order valence-electron chi connectivity index (χ2n) is 6.33. The third-order valence-electron chi connectivity index (χ3n) is 3.17. The molecule has 0 fully saturated rings. The monoisotopic (exact) mass is 317 g/mol. The lowest BCUT2D eigenvalue weighted by molar-refractivity contribution is 0.00695. The number of aryl methyl sites for hydroxylation is 1. The highest BCUT2D eigenvalue weighted by Crippen LogP contribution is 2.16. The van der Waals surface area contributed by atoms with Crippen LogP contribution in [0.1, 0.15) is 47.1 Å². The fourth-order valence-corrected chi connectivity index (χ4v) is 2.88. The molecule has 3 nitrogen and oxygen atoms in total. The van der Waals surface area contributed by atoms with E-state index in [-0.39, 0.29) is 5.97 Å². The van der Waals surface area contributed by atoms with Gasteiger partial charge < -0.3 is 10.1 Å². The molecule has 0 aliphatic carbocycles. The molecule has 0 saturated carbocycles. The van der Waals surface area contributed by atoms with E-state index in [0.717, 1.165) is 18.7 Å². The molecule has 0 amide bonds. The van der Waals surface area contributed by atoms with Crippen molar-refractivity contribution < 1.29 is 9.53 Å². The number of ether oxygens (including phenoxy) is 1. The molecule has 0 saturated heterocycles. The van der Waals surface area contributed by atoms with Gasteiger partial charge in [0.2, 0.25) is 0 Å². The molecule has 1 aromatic carbocycles. The van der Waals surface area contributed by atoms with E-state index in [1.54, 1.807) is 11.3 Å². The van der Waals surface area contributed by atoms with Crippen LogP contribution in [0.15, 0.2) is 35.7 Å². The van der Waals surface area contributed by atoms with Gasteiger partial charge in [0, 0.05) is 18.0 Å². The van der Waals surface area contributed by atoms with Gasteiger partial charge in [0.15, 0.2) is 0 Å². The molecule has 0 aliphatic heterocycles. The minimum atomic E-state index is -0.462. The molecule has 0 spiro atoms. The van der Waals surface area contributed by atoms with Gasteiger partial charge in [-0.25, -0.2) is 4.79 Å². The third kappa shape index (κ3) is 4.97. The lowest BCUT2D eigenvalue weighted by Crippen LogP contribution is -2.23. The maximum absolute atomic E-state index is 11.9. The van der Waals surface area contributed by atoms with Gasteiger partial charge in [-0.3, -0.25) is 0 Å². The first kappa shape index (κ1) is 16.7. The Morgan fingerprint density at radius 3 is 2.36 bits per heavy atom. The van der Waals surface area contributed by atoms with Crippen molar-refractivity contribution in [3.05, 3.63) is 57.3 Å². The van der Waals surface area contributed by atoms with Crippen molar-refractivity contribution >= 4 is 17.3 Å². The second-order valence-corrected chi connectivity index (χ2v) is 7.33. The zero-order valence-electron chi connectivity index (χ0n) is 13.6. The van der Waals surface area contributed by atoms with Gasteiger partial charge >= 0.3 is 5.97 Å². The minimum absolute atomic E-state index is 0.277. The first-order valence-electron chi connectivity index (χ1n) is 7.41. The Morgan fingerprint density at radius 1 is 1.14 bits per heavy atom. The van der Waals surface area contributed by atoms with E-state index in [1.807, 2.05) is 45.0 Å². The Balaban J connectivity index is 1.87. The van der Waals surface area contributed by atoms with Crippen LogP contribution in [0, 0.1) is 6.92 Å². The van der Waals surface area contributed by atoms with Crippen LogP contribution < -0.4 is 5.32 Å². The van der Waals surface area contributed by atoms with Crippen LogP contribution in [0.3, 0.4) is 0 Å². The van der Waals surface area contributed by atoms with E-state index in [2.05, 4.69) is 23.7 Å². The van der Waals surface area contributed by atoms with E-state index >= 15 is 0 Å². The molecule has 22 heavy (non-hydrogen) atoms. The fourth-order valence-electron chi connectivity index (χ4n) is 2.00. The number of thiophene rings is 1. The van der Waals surface area contributed by atoms with Gasteiger partial charge in [-0.15, -0.1) is 11.3 Å². The molecule has 0 bridgehead atoms. The number of nitrogens with one attached hydrogen (secondary N) is 1. The van der Waals surface area contributed by atoms with Gasteiger partial charge in [-0.05, 0) is 62.4 Å². The van der Waals surface area contributed by atoms with Crippen molar-refractivity contribution in [3.8, 4) is 0 Å². The van der Waals surface area contributed by atoms with Gasteiger partial charge in [-0.1, -0.05) is 12.1 Å². The fraction of sp³-hybridized carbons (Fsp3) is 0.389. The van der Waals surface area contributed by atoms with Crippen molar-refractivity contribution in [3.63, 3.8) is 0 Å². The zero-order valence-corrected chi connectivity index (χ0v) is 14.4. The van der Waals surface area contributed by atoms with Crippen molar-refractivity contribution in [2.75, 3.05) is 0 Å². The molecule has 0 aliphatic rings. The number of benzene rings is 1. The molecule has 0 unspecified atom stereocenters. The third-order valence-corrected chi connectivity index (χ3v) is 4.19.